The number of methoxy groups -OCH3 is 1. The van der Waals surface area contributed by atoms with Gasteiger partial charge in [0.25, 0.3) is 0 Å². The summed E-state index contributed by atoms with van der Waals surface area (Å²) >= 11 is 0. The van der Waals surface area contributed by atoms with Crippen LogP contribution in [0.2, 0.25) is 0 Å². The molecule has 2 aliphatic heterocycles. The zero-order valence-corrected chi connectivity index (χ0v) is 37.7. The van der Waals surface area contributed by atoms with Crippen molar-refractivity contribution in [3.63, 3.8) is 0 Å². The third-order valence-electron chi connectivity index (χ3n) is 11.8. The summed E-state index contributed by atoms with van der Waals surface area (Å²) in [5.41, 5.74) is 5.55. The first-order valence-electron chi connectivity index (χ1n) is 22.8. The Morgan fingerprint density at radius 1 is 0.373 bits per heavy atom. The number of rotatable bonds is 23. The molecular weight excluding hydrogens is 853 g/mol. The van der Waals surface area contributed by atoms with E-state index >= 15 is 0 Å². The van der Waals surface area contributed by atoms with Gasteiger partial charge < -0.3 is 57.6 Å². The average molecular weight is 913 g/mol. The molecule has 2 heterocycles. The molecule has 0 radical (unpaired) electrons. The predicted octanol–water partition coefficient (Wildman–Crippen LogP) is 7.96. The molecule has 8 rings (SSSR count). The van der Waals surface area contributed by atoms with Gasteiger partial charge in [0.15, 0.2) is 12.6 Å². The van der Waals surface area contributed by atoms with Crippen LogP contribution in [0.15, 0.2) is 176 Å². The first kappa shape index (κ1) is 48.1. The highest BCUT2D eigenvalue weighted by atomic mass is 16.7. The molecule has 10 atom stereocenters. The first-order chi connectivity index (χ1) is 33.0. The van der Waals surface area contributed by atoms with Crippen molar-refractivity contribution in [3.8, 4) is 5.75 Å². The van der Waals surface area contributed by atoms with Crippen molar-refractivity contribution in [1.29, 1.82) is 0 Å². The maximum absolute atomic E-state index is 12.1. The summed E-state index contributed by atoms with van der Waals surface area (Å²) in [4.78, 5) is 0. The van der Waals surface area contributed by atoms with Gasteiger partial charge in [-0.2, -0.15) is 0 Å². The van der Waals surface area contributed by atoms with Crippen molar-refractivity contribution >= 4 is 0 Å². The molecule has 6 aromatic rings. The third kappa shape index (κ3) is 13.9. The fourth-order valence-electron chi connectivity index (χ4n) is 8.17. The lowest BCUT2D eigenvalue weighted by atomic mass is 9.97. The predicted molar refractivity (Wildman–Crippen MR) is 249 cm³/mol. The molecule has 67 heavy (non-hydrogen) atoms. The normalized spacial score (nSPS) is 25.1. The summed E-state index contributed by atoms with van der Waals surface area (Å²) in [5, 5.41) is 23.9. The number of aliphatic hydroxyl groups is 2. The van der Waals surface area contributed by atoms with Crippen LogP contribution < -0.4 is 4.74 Å². The minimum atomic E-state index is -1.42. The summed E-state index contributed by atoms with van der Waals surface area (Å²) in [7, 11) is 1.62. The van der Waals surface area contributed by atoms with Crippen molar-refractivity contribution in [3.05, 3.63) is 209 Å². The summed E-state index contributed by atoms with van der Waals surface area (Å²) in [6, 6.07) is 56.4. The number of hydrogen-bond donors (Lipinski definition) is 2. The molecule has 12 heteroatoms. The second kappa shape index (κ2) is 25.2. The molecular formula is C55H60O12. The van der Waals surface area contributed by atoms with E-state index in [2.05, 4.69) is 0 Å². The summed E-state index contributed by atoms with van der Waals surface area (Å²) in [6.07, 6.45) is -9.89. The van der Waals surface area contributed by atoms with Crippen LogP contribution in [-0.2, 0) is 82.3 Å². The van der Waals surface area contributed by atoms with Crippen LogP contribution in [0.4, 0.5) is 0 Å². The second-order valence-electron chi connectivity index (χ2n) is 16.6. The third-order valence-corrected chi connectivity index (χ3v) is 11.8. The van der Waals surface area contributed by atoms with Gasteiger partial charge in [0, 0.05) is 0 Å². The molecule has 0 saturated carbocycles. The molecule has 0 aromatic heterocycles. The lowest BCUT2D eigenvalue weighted by Crippen LogP contribution is -2.63. The number of benzene rings is 6. The van der Waals surface area contributed by atoms with E-state index in [1.54, 1.807) is 7.11 Å². The minimum Gasteiger partial charge on any atom is -0.497 e. The highest BCUT2D eigenvalue weighted by molar-refractivity contribution is 5.27. The van der Waals surface area contributed by atoms with Crippen molar-refractivity contribution in [2.75, 3.05) is 20.3 Å². The fourth-order valence-corrected chi connectivity index (χ4v) is 8.17. The van der Waals surface area contributed by atoms with Gasteiger partial charge in [0.2, 0.25) is 0 Å². The number of hydrogen-bond acceptors (Lipinski definition) is 12. The molecule has 0 bridgehead atoms. The highest BCUT2D eigenvalue weighted by Gasteiger charge is 2.51. The molecule has 0 aliphatic carbocycles. The largest absolute Gasteiger partial charge is 0.497 e. The number of ether oxygens (including phenoxy) is 10. The molecule has 352 valence electrons. The molecule has 2 N–H and O–H groups in total. The maximum atomic E-state index is 12.1. The topological polar surface area (TPSA) is 133 Å². The van der Waals surface area contributed by atoms with Crippen LogP contribution in [-0.4, -0.2) is 91.9 Å². The van der Waals surface area contributed by atoms with Crippen LogP contribution in [0.5, 0.6) is 5.75 Å². The van der Waals surface area contributed by atoms with Crippen LogP contribution in [0.1, 0.15) is 33.4 Å². The zero-order valence-electron chi connectivity index (χ0n) is 37.7. The van der Waals surface area contributed by atoms with Crippen LogP contribution in [0.3, 0.4) is 0 Å². The molecule has 0 unspecified atom stereocenters. The van der Waals surface area contributed by atoms with Gasteiger partial charge in [0.1, 0.15) is 54.6 Å². The van der Waals surface area contributed by atoms with E-state index in [-0.39, 0.29) is 52.9 Å². The van der Waals surface area contributed by atoms with E-state index in [0.29, 0.717) is 0 Å². The summed E-state index contributed by atoms with van der Waals surface area (Å²) < 4.78 is 64.5. The zero-order chi connectivity index (χ0) is 46.0. The van der Waals surface area contributed by atoms with Crippen molar-refractivity contribution in [2.24, 2.45) is 0 Å². The van der Waals surface area contributed by atoms with Gasteiger partial charge in [0.05, 0.1) is 60.0 Å². The van der Waals surface area contributed by atoms with Crippen molar-refractivity contribution in [1.82, 2.24) is 0 Å². The van der Waals surface area contributed by atoms with Gasteiger partial charge in [-0.15, -0.1) is 0 Å². The molecule has 0 spiro atoms. The van der Waals surface area contributed by atoms with Crippen LogP contribution in [0, 0.1) is 0 Å². The number of aliphatic hydroxyl groups excluding tert-OH is 2. The van der Waals surface area contributed by atoms with E-state index in [0.717, 1.165) is 39.1 Å². The molecule has 0 amide bonds. The Bertz CT molecular complexity index is 2270. The Balaban J connectivity index is 1.07. The smallest absolute Gasteiger partial charge is 0.187 e. The SMILES string of the molecule is COc1ccc(COC[C@H]2O[C@@H](OC[C@H]3O[C@H](O)[C@H](OCc4ccccc4)[C@@H](OCc4ccccc4)[C@@H]3OCc3ccccc3)[C@H](OCc3ccccc3)[C@@H](OCc3ccccc3)[C@@H]2O)cc1. The van der Waals surface area contributed by atoms with Crippen LogP contribution in [0.25, 0.3) is 0 Å². The van der Waals surface area contributed by atoms with Crippen molar-refractivity contribution < 1.29 is 57.6 Å². The summed E-state index contributed by atoms with van der Waals surface area (Å²) in [5.74, 6) is 0.737. The standard InChI is InChI=1S/C55H60O12/c1-58-45-29-27-44(28-30-45)31-59-37-46-48(56)50(61-33-40-19-9-3-10-20-40)53(64-36-43-25-15-6-16-26-43)55(67-46)65-38-47-49(60-32-39-17-7-2-8-18-39)51(62-34-41-21-11-4-12-22-41)52(54(57)66-47)63-35-42-23-13-5-14-24-42/h2-30,46-57H,31-38H2,1H3/t46-,47-,48-,49-,50+,51+,52-,53-,54+,55-/m1/s1. The lowest BCUT2D eigenvalue weighted by molar-refractivity contribution is -0.346. The Morgan fingerprint density at radius 2 is 0.776 bits per heavy atom. The molecule has 2 saturated heterocycles. The van der Waals surface area contributed by atoms with E-state index < -0.39 is 61.4 Å². The van der Waals surface area contributed by atoms with Gasteiger partial charge >= 0.3 is 0 Å². The van der Waals surface area contributed by atoms with Crippen LogP contribution >= 0.6 is 0 Å². The highest BCUT2D eigenvalue weighted by Crippen LogP contribution is 2.33. The average Bonchev–Trinajstić information content (AvgIpc) is 3.38. The van der Waals surface area contributed by atoms with Crippen molar-refractivity contribution in [2.45, 2.75) is 101 Å². The summed E-state index contributed by atoms with van der Waals surface area (Å²) in [6.45, 7) is 1.16. The van der Waals surface area contributed by atoms with E-state index in [4.69, 9.17) is 47.4 Å². The Hall–Kier alpha value is -5.32. The monoisotopic (exact) mass is 912 g/mol. The van der Waals surface area contributed by atoms with E-state index in [1.807, 2.05) is 176 Å². The second-order valence-corrected chi connectivity index (χ2v) is 16.6. The van der Waals surface area contributed by atoms with E-state index in [1.165, 1.54) is 0 Å². The Morgan fingerprint density at radius 3 is 1.24 bits per heavy atom. The van der Waals surface area contributed by atoms with Gasteiger partial charge in [-0.1, -0.05) is 164 Å². The molecule has 6 aromatic carbocycles. The molecule has 12 nitrogen and oxygen atoms in total. The first-order valence-corrected chi connectivity index (χ1v) is 22.8. The minimum absolute atomic E-state index is 0.0148. The Labute approximate surface area is 392 Å². The quantitative estimate of drug-likeness (QED) is 0.0647. The fraction of sp³-hybridized carbons (Fsp3) is 0.345. The van der Waals surface area contributed by atoms with Gasteiger partial charge in [-0.25, -0.2) is 0 Å². The maximum Gasteiger partial charge on any atom is 0.187 e. The molecule has 2 fully saturated rings. The van der Waals surface area contributed by atoms with Gasteiger partial charge in [-0.3, -0.25) is 0 Å². The van der Waals surface area contributed by atoms with E-state index in [9.17, 15) is 10.2 Å². The Kier molecular flexibility index (Phi) is 18.1. The molecule has 2 aliphatic rings. The lowest BCUT2D eigenvalue weighted by Gasteiger charge is -2.46. The van der Waals surface area contributed by atoms with Gasteiger partial charge in [-0.05, 0) is 45.5 Å².